The maximum atomic E-state index is 11.3. The summed E-state index contributed by atoms with van der Waals surface area (Å²) in [6.07, 6.45) is 9.18. The number of carbonyl (C=O) groups excluding carboxylic acids is 1. The van der Waals surface area contributed by atoms with Gasteiger partial charge in [0.25, 0.3) is 0 Å². The summed E-state index contributed by atoms with van der Waals surface area (Å²) in [5, 5.41) is 3.00. The fourth-order valence-electron chi connectivity index (χ4n) is 2.75. The minimum atomic E-state index is -0.110. The lowest BCUT2D eigenvalue weighted by atomic mass is 9.86. The van der Waals surface area contributed by atoms with E-state index in [2.05, 4.69) is 19.2 Å². The molecule has 0 saturated heterocycles. The van der Waals surface area contributed by atoms with Gasteiger partial charge in [0, 0.05) is 5.54 Å². The van der Waals surface area contributed by atoms with Crippen LogP contribution in [0.1, 0.15) is 58.8 Å². The highest BCUT2D eigenvalue weighted by Gasteiger charge is 2.25. The van der Waals surface area contributed by atoms with Crippen molar-refractivity contribution in [1.82, 2.24) is 5.32 Å². The van der Waals surface area contributed by atoms with Crippen LogP contribution in [-0.2, 0) is 4.79 Å². The first-order valence-electron chi connectivity index (χ1n) is 6.40. The van der Waals surface area contributed by atoms with Crippen molar-refractivity contribution in [2.45, 2.75) is 64.3 Å². The first kappa shape index (κ1) is 13.8. The summed E-state index contributed by atoms with van der Waals surface area (Å²) in [5.74, 6) is 0.780. The van der Waals surface area contributed by atoms with Gasteiger partial charge in [-0.3, -0.25) is 4.79 Å². The summed E-state index contributed by atoms with van der Waals surface area (Å²) < 4.78 is 0. The minimum absolute atomic E-state index is 0.0553. The molecule has 0 bridgehead atoms. The van der Waals surface area contributed by atoms with Crippen molar-refractivity contribution in [2.24, 2.45) is 5.92 Å². The number of halogens is 1. The molecule has 3 heteroatoms. The summed E-state index contributed by atoms with van der Waals surface area (Å²) >= 11 is 5.51. The molecular formula is C13H24ClNO. The fourth-order valence-corrected chi connectivity index (χ4v) is 2.82. The number of hydrogen-bond donors (Lipinski definition) is 1. The Bertz CT molecular complexity index is 220. The van der Waals surface area contributed by atoms with Crippen LogP contribution in [0.5, 0.6) is 0 Å². The van der Waals surface area contributed by atoms with Gasteiger partial charge in [-0.1, -0.05) is 38.5 Å². The number of carbonyl (C=O) groups is 1. The predicted octanol–water partition coefficient (Wildman–Crippen LogP) is 3.48. The van der Waals surface area contributed by atoms with Gasteiger partial charge in [-0.05, 0) is 26.2 Å². The molecular weight excluding hydrogens is 222 g/mol. The zero-order chi connectivity index (χ0) is 12.0. The third kappa shape index (κ3) is 5.20. The van der Waals surface area contributed by atoms with E-state index in [0.29, 0.717) is 0 Å². The van der Waals surface area contributed by atoms with E-state index in [1.54, 1.807) is 0 Å². The Hall–Kier alpha value is -0.240. The van der Waals surface area contributed by atoms with Crippen LogP contribution in [0.4, 0.5) is 0 Å². The second kappa shape index (κ2) is 6.48. The van der Waals surface area contributed by atoms with E-state index in [1.807, 2.05) is 0 Å². The summed E-state index contributed by atoms with van der Waals surface area (Å²) in [6.45, 7) is 4.20. The summed E-state index contributed by atoms with van der Waals surface area (Å²) in [7, 11) is 0. The van der Waals surface area contributed by atoms with Gasteiger partial charge in [0.1, 0.15) is 5.88 Å². The molecule has 1 rings (SSSR count). The Kier molecular flexibility index (Phi) is 5.60. The van der Waals surface area contributed by atoms with Crippen LogP contribution in [0.25, 0.3) is 0 Å². The topological polar surface area (TPSA) is 29.1 Å². The number of amides is 1. The highest BCUT2D eigenvalue weighted by molar-refractivity contribution is 6.27. The second-order valence-corrected chi connectivity index (χ2v) is 5.89. The van der Waals surface area contributed by atoms with Gasteiger partial charge >= 0.3 is 0 Å². The molecule has 0 spiro atoms. The van der Waals surface area contributed by atoms with Gasteiger partial charge in [0.15, 0.2) is 0 Å². The van der Waals surface area contributed by atoms with E-state index in [9.17, 15) is 4.79 Å². The van der Waals surface area contributed by atoms with Crippen molar-refractivity contribution in [2.75, 3.05) is 5.88 Å². The molecule has 0 heterocycles. The lowest BCUT2D eigenvalue weighted by Gasteiger charge is -2.30. The molecule has 0 aromatic heterocycles. The molecule has 0 unspecified atom stereocenters. The maximum absolute atomic E-state index is 11.3. The second-order valence-electron chi connectivity index (χ2n) is 5.63. The van der Waals surface area contributed by atoms with Crippen molar-refractivity contribution in [3.8, 4) is 0 Å². The average Bonchev–Trinajstić information content (AvgIpc) is 2.44. The first-order chi connectivity index (χ1) is 7.53. The van der Waals surface area contributed by atoms with Gasteiger partial charge in [-0.25, -0.2) is 0 Å². The van der Waals surface area contributed by atoms with E-state index in [0.717, 1.165) is 12.3 Å². The fraction of sp³-hybridized carbons (Fsp3) is 0.923. The third-order valence-electron chi connectivity index (χ3n) is 3.37. The highest BCUT2D eigenvalue weighted by Crippen LogP contribution is 2.29. The van der Waals surface area contributed by atoms with Gasteiger partial charge in [-0.2, -0.15) is 0 Å². The lowest BCUT2D eigenvalue weighted by molar-refractivity contribution is -0.120. The highest BCUT2D eigenvalue weighted by atomic mass is 35.5. The van der Waals surface area contributed by atoms with Crippen LogP contribution in [0, 0.1) is 5.92 Å². The van der Waals surface area contributed by atoms with Crippen LogP contribution in [0.15, 0.2) is 0 Å². The van der Waals surface area contributed by atoms with Crippen molar-refractivity contribution in [3.63, 3.8) is 0 Å². The quantitative estimate of drug-likeness (QED) is 0.596. The van der Waals surface area contributed by atoms with Crippen LogP contribution in [0.3, 0.4) is 0 Å². The zero-order valence-electron chi connectivity index (χ0n) is 10.5. The molecule has 1 saturated carbocycles. The molecule has 16 heavy (non-hydrogen) atoms. The van der Waals surface area contributed by atoms with Crippen LogP contribution in [0.2, 0.25) is 0 Å². The molecule has 1 N–H and O–H groups in total. The number of alkyl halides is 1. The van der Waals surface area contributed by atoms with Gasteiger partial charge in [0.2, 0.25) is 5.91 Å². The standard InChI is InChI=1S/C13H24ClNO/c1-13(2,15-12(16)10-14)9-11-7-5-3-4-6-8-11/h11H,3-10H2,1-2H3,(H,15,16). The summed E-state index contributed by atoms with van der Waals surface area (Å²) in [5.41, 5.74) is -0.110. The van der Waals surface area contributed by atoms with E-state index < -0.39 is 0 Å². The number of nitrogens with one attached hydrogen (secondary N) is 1. The molecule has 94 valence electrons. The van der Waals surface area contributed by atoms with E-state index >= 15 is 0 Å². The summed E-state index contributed by atoms with van der Waals surface area (Å²) in [6, 6.07) is 0. The molecule has 1 aliphatic carbocycles. The number of rotatable bonds is 4. The zero-order valence-corrected chi connectivity index (χ0v) is 11.3. The minimum Gasteiger partial charge on any atom is -0.350 e. The van der Waals surface area contributed by atoms with E-state index in [1.165, 1.54) is 38.5 Å². The Morgan fingerprint density at radius 1 is 1.25 bits per heavy atom. The Labute approximate surface area is 104 Å². The smallest absolute Gasteiger partial charge is 0.235 e. The first-order valence-corrected chi connectivity index (χ1v) is 6.94. The van der Waals surface area contributed by atoms with E-state index in [4.69, 9.17) is 11.6 Å². The van der Waals surface area contributed by atoms with Crippen LogP contribution in [-0.4, -0.2) is 17.3 Å². The summed E-state index contributed by atoms with van der Waals surface area (Å²) in [4.78, 5) is 11.3. The van der Waals surface area contributed by atoms with Crippen molar-refractivity contribution >= 4 is 17.5 Å². The molecule has 0 aromatic rings. The van der Waals surface area contributed by atoms with Gasteiger partial charge in [-0.15, -0.1) is 11.6 Å². The molecule has 1 fully saturated rings. The van der Waals surface area contributed by atoms with Crippen LogP contribution >= 0.6 is 11.6 Å². The van der Waals surface area contributed by atoms with Crippen LogP contribution < -0.4 is 5.32 Å². The number of hydrogen-bond acceptors (Lipinski definition) is 1. The Balaban J connectivity index is 2.40. The largest absolute Gasteiger partial charge is 0.350 e. The molecule has 0 atom stereocenters. The third-order valence-corrected chi connectivity index (χ3v) is 3.62. The Morgan fingerprint density at radius 2 is 1.81 bits per heavy atom. The molecule has 0 aromatic carbocycles. The van der Waals surface area contributed by atoms with Crippen molar-refractivity contribution in [1.29, 1.82) is 0 Å². The van der Waals surface area contributed by atoms with Crippen molar-refractivity contribution < 1.29 is 4.79 Å². The molecule has 2 nitrogen and oxygen atoms in total. The average molecular weight is 246 g/mol. The molecule has 1 aliphatic rings. The van der Waals surface area contributed by atoms with Crippen molar-refractivity contribution in [3.05, 3.63) is 0 Å². The van der Waals surface area contributed by atoms with E-state index in [-0.39, 0.29) is 17.3 Å². The SMILES string of the molecule is CC(C)(CC1CCCCCC1)NC(=O)CCl. The molecule has 0 radical (unpaired) electrons. The van der Waals surface area contributed by atoms with Gasteiger partial charge in [0.05, 0.1) is 0 Å². The van der Waals surface area contributed by atoms with Gasteiger partial charge < -0.3 is 5.32 Å². The lowest BCUT2D eigenvalue weighted by Crippen LogP contribution is -2.45. The predicted molar refractivity (Wildman–Crippen MR) is 68.8 cm³/mol. The molecule has 0 aliphatic heterocycles. The monoisotopic (exact) mass is 245 g/mol. The molecule has 1 amide bonds. The Morgan fingerprint density at radius 3 is 2.31 bits per heavy atom. The maximum Gasteiger partial charge on any atom is 0.235 e. The normalized spacial score (nSPS) is 19.2.